The zero-order valence-electron chi connectivity index (χ0n) is 7.65. The Labute approximate surface area is 91.7 Å². The predicted octanol–water partition coefficient (Wildman–Crippen LogP) is 1.46. The van der Waals surface area contributed by atoms with Crippen molar-refractivity contribution >= 4 is 39.6 Å². The van der Waals surface area contributed by atoms with E-state index in [0.29, 0.717) is 12.4 Å². The van der Waals surface area contributed by atoms with Crippen LogP contribution in [-0.2, 0) is 6.54 Å². The summed E-state index contributed by atoms with van der Waals surface area (Å²) in [6, 6.07) is 1.98. The van der Waals surface area contributed by atoms with Crippen LogP contribution in [0.4, 0.5) is 5.82 Å². The van der Waals surface area contributed by atoms with Crippen LogP contribution in [0.1, 0.15) is 10.6 Å². The third-order valence-corrected chi connectivity index (χ3v) is 3.16. The van der Waals surface area contributed by atoms with Crippen molar-refractivity contribution in [1.82, 2.24) is 10.2 Å². The van der Waals surface area contributed by atoms with Crippen molar-refractivity contribution in [3.05, 3.63) is 16.6 Å². The number of nitrogens with zero attached hydrogens (tertiary/aromatic N) is 2. The molecule has 0 aromatic carbocycles. The summed E-state index contributed by atoms with van der Waals surface area (Å²) in [7, 11) is 0. The number of nitrogen functional groups attached to an aromatic ring is 1. The molecular formula is C8H11ClN4S. The molecule has 0 amide bonds. The van der Waals surface area contributed by atoms with Gasteiger partial charge in [-0.1, -0.05) is 0 Å². The largest absolute Gasteiger partial charge is 0.382 e. The Morgan fingerprint density at radius 1 is 1.43 bits per heavy atom. The van der Waals surface area contributed by atoms with Crippen LogP contribution < -0.4 is 11.5 Å². The normalized spacial score (nSPS) is 10.1. The van der Waals surface area contributed by atoms with Gasteiger partial charge in [0, 0.05) is 16.8 Å². The van der Waals surface area contributed by atoms with E-state index in [1.165, 1.54) is 0 Å². The first-order valence-corrected chi connectivity index (χ1v) is 4.75. The van der Waals surface area contributed by atoms with Gasteiger partial charge >= 0.3 is 0 Å². The lowest BCUT2D eigenvalue weighted by Gasteiger charge is -1.95. The third-order valence-electron chi connectivity index (χ3n) is 1.90. The highest BCUT2D eigenvalue weighted by molar-refractivity contribution is 7.19. The summed E-state index contributed by atoms with van der Waals surface area (Å²) >= 11 is 1.63. The zero-order chi connectivity index (χ0) is 9.42. The molecule has 0 radical (unpaired) electrons. The van der Waals surface area contributed by atoms with E-state index in [1.54, 1.807) is 11.3 Å². The quantitative estimate of drug-likeness (QED) is 0.778. The van der Waals surface area contributed by atoms with Crippen molar-refractivity contribution < 1.29 is 0 Å². The molecule has 76 valence electrons. The fraction of sp³-hybridized carbons (Fsp3) is 0.250. The Morgan fingerprint density at radius 3 is 2.71 bits per heavy atom. The van der Waals surface area contributed by atoms with Crippen LogP contribution in [0, 0.1) is 6.92 Å². The molecule has 0 spiro atoms. The summed E-state index contributed by atoms with van der Waals surface area (Å²) in [5, 5.41) is 8.77. The van der Waals surface area contributed by atoms with Crippen molar-refractivity contribution in [3.8, 4) is 0 Å². The molecule has 0 bridgehead atoms. The summed E-state index contributed by atoms with van der Waals surface area (Å²) in [5.74, 6) is 0.483. The second-order valence-electron chi connectivity index (χ2n) is 2.83. The number of nitrogens with two attached hydrogens (primary N) is 2. The van der Waals surface area contributed by atoms with Gasteiger partial charge < -0.3 is 11.5 Å². The number of rotatable bonds is 1. The first-order valence-electron chi connectivity index (χ1n) is 3.93. The van der Waals surface area contributed by atoms with Gasteiger partial charge in [0.05, 0.1) is 10.4 Å². The van der Waals surface area contributed by atoms with Crippen LogP contribution in [-0.4, -0.2) is 10.2 Å². The monoisotopic (exact) mass is 230 g/mol. The number of hydrogen-bond donors (Lipinski definition) is 2. The zero-order valence-corrected chi connectivity index (χ0v) is 9.28. The fourth-order valence-corrected chi connectivity index (χ4v) is 2.21. The number of thiophene rings is 1. The first-order chi connectivity index (χ1) is 6.22. The summed E-state index contributed by atoms with van der Waals surface area (Å²) in [5.41, 5.74) is 12.1. The highest BCUT2D eigenvalue weighted by Gasteiger charge is 2.07. The molecule has 4 nitrogen and oxygen atoms in total. The molecule has 4 N–H and O–H groups in total. The highest BCUT2D eigenvalue weighted by atomic mass is 35.5. The average Bonchev–Trinajstić information content (AvgIpc) is 2.56. The topological polar surface area (TPSA) is 77.8 Å². The molecule has 6 heteroatoms. The highest BCUT2D eigenvalue weighted by Crippen LogP contribution is 2.29. The maximum atomic E-state index is 5.69. The number of fused-ring (bicyclic) bond motifs is 1. The number of hydrogen-bond acceptors (Lipinski definition) is 5. The second-order valence-corrected chi connectivity index (χ2v) is 3.97. The molecule has 0 aliphatic heterocycles. The molecule has 0 aliphatic rings. The molecule has 0 atom stereocenters. The molecule has 0 aliphatic carbocycles. The van der Waals surface area contributed by atoms with Gasteiger partial charge in [0.25, 0.3) is 0 Å². The Bertz CT molecular complexity index is 415. The maximum Gasteiger partial charge on any atom is 0.154 e. The van der Waals surface area contributed by atoms with Crippen molar-refractivity contribution in [2.75, 3.05) is 5.73 Å². The molecule has 0 saturated heterocycles. The fourth-order valence-electron chi connectivity index (χ4n) is 1.23. The minimum absolute atomic E-state index is 0. The summed E-state index contributed by atoms with van der Waals surface area (Å²) in [6.45, 7) is 2.46. The van der Waals surface area contributed by atoms with Crippen molar-refractivity contribution in [2.24, 2.45) is 5.73 Å². The van der Waals surface area contributed by atoms with Crippen molar-refractivity contribution in [3.63, 3.8) is 0 Å². The van der Waals surface area contributed by atoms with Crippen LogP contribution in [0.15, 0.2) is 6.07 Å². The number of halogens is 1. The Balaban J connectivity index is 0.000000980. The molecule has 2 heterocycles. The minimum atomic E-state index is 0. The van der Waals surface area contributed by atoms with Gasteiger partial charge in [0.2, 0.25) is 0 Å². The van der Waals surface area contributed by atoms with Gasteiger partial charge in [0.1, 0.15) is 0 Å². The lowest BCUT2D eigenvalue weighted by atomic mass is 10.3. The van der Waals surface area contributed by atoms with Gasteiger partial charge in [-0.25, -0.2) is 0 Å². The Kier molecular flexibility index (Phi) is 3.25. The molecule has 2 rings (SSSR count). The first kappa shape index (κ1) is 11.2. The van der Waals surface area contributed by atoms with Crippen LogP contribution >= 0.6 is 23.7 Å². The van der Waals surface area contributed by atoms with Gasteiger partial charge in [-0.3, -0.25) is 0 Å². The predicted molar refractivity (Wildman–Crippen MR) is 61.7 cm³/mol. The van der Waals surface area contributed by atoms with Crippen LogP contribution in [0.5, 0.6) is 0 Å². The molecular weight excluding hydrogens is 220 g/mol. The van der Waals surface area contributed by atoms with E-state index in [4.69, 9.17) is 11.5 Å². The minimum Gasteiger partial charge on any atom is -0.382 e. The van der Waals surface area contributed by atoms with E-state index in [1.807, 2.05) is 13.0 Å². The van der Waals surface area contributed by atoms with Gasteiger partial charge in [0.15, 0.2) is 5.82 Å². The molecule has 0 saturated carbocycles. The van der Waals surface area contributed by atoms with Crippen molar-refractivity contribution in [2.45, 2.75) is 13.5 Å². The smallest absolute Gasteiger partial charge is 0.154 e. The molecule has 14 heavy (non-hydrogen) atoms. The van der Waals surface area contributed by atoms with Gasteiger partial charge in [-0.2, -0.15) is 5.10 Å². The Morgan fingerprint density at radius 2 is 2.14 bits per heavy atom. The molecule has 2 aromatic rings. The van der Waals surface area contributed by atoms with E-state index in [-0.39, 0.29) is 12.4 Å². The number of aromatic nitrogens is 2. The molecule has 0 fully saturated rings. The average molecular weight is 231 g/mol. The number of anilines is 1. The van der Waals surface area contributed by atoms with Crippen LogP contribution in [0.3, 0.4) is 0 Å². The van der Waals surface area contributed by atoms with E-state index < -0.39 is 0 Å². The van der Waals surface area contributed by atoms with E-state index in [0.717, 1.165) is 20.7 Å². The SMILES string of the molecule is Cc1nnc(N)c2cc(CN)sc12.Cl. The molecule has 0 unspecified atom stereocenters. The maximum absolute atomic E-state index is 5.69. The summed E-state index contributed by atoms with van der Waals surface area (Å²) < 4.78 is 1.09. The lowest BCUT2D eigenvalue weighted by molar-refractivity contribution is 1.01. The van der Waals surface area contributed by atoms with Gasteiger partial charge in [-0.05, 0) is 13.0 Å². The van der Waals surface area contributed by atoms with Crippen LogP contribution in [0.25, 0.3) is 10.1 Å². The third kappa shape index (κ3) is 1.66. The summed E-state index contributed by atoms with van der Waals surface area (Å²) in [6.07, 6.45) is 0. The van der Waals surface area contributed by atoms with Gasteiger partial charge in [-0.15, -0.1) is 28.8 Å². The van der Waals surface area contributed by atoms with Crippen LogP contribution in [0.2, 0.25) is 0 Å². The standard InChI is InChI=1S/C8H10N4S.ClH/c1-4-7-6(8(10)12-11-4)2-5(3-9)13-7;/h2H,3,9H2,1H3,(H2,10,12);1H. The summed E-state index contributed by atoms with van der Waals surface area (Å²) in [4.78, 5) is 1.11. The Hall–Kier alpha value is -0.910. The van der Waals surface area contributed by atoms with E-state index in [2.05, 4.69) is 10.2 Å². The molecule has 2 aromatic heterocycles. The lowest BCUT2D eigenvalue weighted by Crippen LogP contribution is -1.94. The number of aryl methyl sites for hydroxylation is 1. The van der Waals surface area contributed by atoms with E-state index in [9.17, 15) is 0 Å². The second kappa shape index (κ2) is 4.08. The van der Waals surface area contributed by atoms with Crippen molar-refractivity contribution in [1.29, 1.82) is 0 Å². The van der Waals surface area contributed by atoms with E-state index >= 15 is 0 Å².